The molecule has 12 rings (SSSR count). The van der Waals surface area contributed by atoms with Crippen molar-refractivity contribution in [3.63, 3.8) is 0 Å². The average Bonchev–Trinajstić information content (AvgIpc) is 3.86. The van der Waals surface area contributed by atoms with Gasteiger partial charge in [-0.2, -0.15) is 9.97 Å². The number of nitrogens with zero attached hydrogens (tertiary/aromatic N) is 4. The summed E-state index contributed by atoms with van der Waals surface area (Å²) in [5.41, 5.74) is 3.30. The highest BCUT2D eigenvalue weighted by molar-refractivity contribution is 5.87. The molecule has 0 aliphatic heterocycles. The van der Waals surface area contributed by atoms with Gasteiger partial charge in [-0.05, 0) is 126 Å². The molecule has 8 aromatic rings. The van der Waals surface area contributed by atoms with Gasteiger partial charge in [-0.25, -0.2) is 9.78 Å². The van der Waals surface area contributed by atoms with Crippen LogP contribution in [-0.4, -0.2) is 62.5 Å². The molecule has 0 spiro atoms. The van der Waals surface area contributed by atoms with E-state index in [1.54, 1.807) is 52.7 Å². The number of hydrogen-bond acceptors (Lipinski definition) is 10. The number of anilines is 2. The van der Waals surface area contributed by atoms with Crippen LogP contribution in [-0.2, 0) is 25.4 Å². The maximum Gasteiger partial charge on any atom is 0.354 e. The van der Waals surface area contributed by atoms with E-state index in [9.17, 15) is 19.8 Å². The number of benzene rings is 6. The molecule has 4 bridgehead atoms. The fourth-order valence-electron chi connectivity index (χ4n) is 12.1. The number of methoxy groups -OCH3 is 2. The van der Waals surface area contributed by atoms with Crippen LogP contribution in [0.1, 0.15) is 91.0 Å². The number of aromatic nitrogens is 4. The Labute approximate surface area is 431 Å². The Morgan fingerprint density at radius 3 is 1.34 bits per heavy atom. The minimum Gasteiger partial charge on any atom is -0.497 e. The maximum absolute atomic E-state index is 13.0. The summed E-state index contributed by atoms with van der Waals surface area (Å²) in [6.45, 7) is -0.143. The maximum atomic E-state index is 13.0. The Bertz CT molecular complexity index is 3000. The van der Waals surface area contributed by atoms with Crippen LogP contribution < -0.4 is 20.1 Å². The van der Waals surface area contributed by atoms with Crippen molar-refractivity contribution in [2.45, 2.75) is 68.7 Å². The first kappa shape index (κ1) is 49.5. The van der Waals surface area contributed by atoms with Crippen molar-refractivity contribution in [1.82, 2.24) is 19.5 Å². The molecular formula is C61H62N6O7. The second kappa shape index (κ2) is 22.0. The zero-order chi connectivity index (χ0) is 51.1. The molecule has 2 aromatic heterocycles. The predicted molar refractivity (Wildman–Crippen MR) is 285 cm³/mol. The van der Waals surface area contributed by atoms with Gasteiger partial charge < -0.3 is 35.1 Å². The van der Waals surface area contributed by atoms with Gasteiger partial charge in [-0.3, -0.25) is 9.36 Å². The monoisotopic (exact) mass is 990 g/mol. The molecule has 13 heteroatoms. The van der Waals surface area contributed by atoms with Crippen molar-refractivity contribution in [3.05, 3.63) is 210 Å². The van der Waals surface area contributed by atoms with Gasteiger partial charge in [0.15, 0.2) is 17.0 Å². The van der Waals surface area contributed by atoms with Gasteiger partial charge in [0, 0.05) is 6.42 Å². The van der Waals surface area contributed by atoms with E-state index in [-0.39, 0.29) is 42.4 Å². The lowest BCUT2D eigenvalue weighted by atomic mass is 9.56. The first-order chi connectivity index (χ1) is 36.2. The van der Waals surface area contributed by atoms with E-state index < -0.39 is 29.2 Å². The van der Waals surface area contributed by atoms with Crippen molar-refractivity contribution in [2.75, 3.05) is 31.5 Å². The average molecular weight is 991 g/mol. The molecule has 4 fully saturated rings. The van der Waals surface area contributed by atoms with Gasteiger partial charge in [-0.15, -0.1) is 0 Å². The quantitative estimate of drug-likeness (QED) is 0.0447. The van der Waals surface area contributed by atoms with Crippen molar-refractivity contribution in [2.24, 2.45) is 23.7 Å². The second-order valence-corrected chi connectivity index (χ2v) is 19.8. The standard InChI is InChI=1S/C51H46N6O7.C10H16/c1-62-41-29-25-39(26-30-41)50(35-16-7-3-8-17-35,36-18-9-4-10-19-36)55-45-44-46(57(34-52-44)47(48(60)61)64-33-15-24-43(58)59)54-49(53-45)56-51(37-20-11-5-12-21-37,38-22-13-6-14-23-38)40-27-31-42(63-2)32-28-40;1-7-2-9-4-8(1)5-10(3-7)6-9/h3-14,16-23,25-32,34,47H,15,24,33H2,1-2H3,(H,58,59)(H,60,61)(H2,53,54,55,56);7-10H,1-6H2. The van der Waals surface area contributed by atoms with Gasteiger partial charge in [0.2, 0.25) is 12.2 Å². The summed E-state index contributed by atoms with van der Waals surface area (Å²) in [7, 11) is 3.24. The van der Waals surface area contributed by atoms with Gasteiger partial charge in [0.05, 0.1) is 27.2 Å². The smallest absolute Gasteiger partial charge is 0.354 e. The van der Waals surface area contributed by atoms with Crippen LogP contribution in [0, 0.1) is 23.7 Å². The largest absolute Gasteiger partial charge is 0.497 e. The fourth-order valence-corrected chi connectivity index (χ4v) is 12.1. The summed E-state index contributed by atoms with van der Waals surface area (Å²) < 4.78 is 18.4. The van der Waals surface area contributed by atoms with E-state index >= 15 is 0 Å². The van der Waals surface area contributed by atoms with Crippen molar-refractivity contribution < 1.29 is 34.0 Å². The van der Waals surface area contributed by atoms with Crippen LogP contribution >= 0.6 is 0 Å². The zero-order valence-electron chi connectivity index (χ0n) is 41.7. The molecule has 0 amide bonds. The highest BCUT2D eigenvalue weighted by Crippen LogP contribution is 2.53. The summed E-state index contributed by atoms with van der Waals surface area (Å²) in [4.78, 5) is 39.5. The molecule has 0 saturated heterocycles. The summed E-state index contributed by atoms with van der Waals surface area (Å²) in [5.74, 6) is 4.12. The fraction of sp³-hybridized carbons (Fsp3) is 0.295. The van der Waals surface area contributed by atoms with Gasteiger partial charge >= 0.3 is 11.9 Å². The topological polar surface area (TPSA) is 170 Å². The lowest BCUT2D eigenvalue weighted by Crippen LogP contribution is -2.40. The minimum atomic E-state index is -1.61. The number of hydrogen-bond donors (Lipinski definition) is 4. The molecule has 4 aliphatic rings. The molecule has 2 heterocycles. The number of rotatable bonds is 19. The summed E-state index contributed by atoms with van der Waals surface area (Å²) in [5, 5.41) is 27.5. The van der Waals surface area contributed by atoms with E-state index in [0.29, 0.717) is 11.5 Å². The van der Waals surface area contributed by atoms with Gasteiger partial charge in [0.1, 0.15) is 22.6 Å². The molecule has 1 atom stereocenters. The van der Waals surface area contributed by atoms with Gasteiger partial charge in [0.25, 0.3) is 0 Å². The van der Waals surface area contributed by atoms with Crippen LogP contribution in [0.15, 0.2) is 176 Å². The normalized spacial score (nSPS) is 18.2. The molecule has 6 aromatic carbocycles. The lowest BCUT2D eigenvalue weighted by Gasteiger charge is -2.49. The molecule has 4 N–H and O–H groups in total. The number of carboxylic acids is 2. The number of imidazole rings is 1. The highest BCUT2D eigenvalue weighted by Gasteiger charge is 2.43. The van der Waals surface area contributed by atoms with Crippen LogP contribution in [0.25, 0.3) is 11.2 Å². The number of nitrogens with one attached hydrogen (secondary N) is 2. The van der Waals surface area contributed by atoms with Crippen molar-refractivity contribution in [1.29, 1.82) is 0 Å². The van der Waals surface area contributed by atoms with E-state index in [2.05, 4.69) is 10.6 Å². The molecule has 1 unspecified atom stereocenters. The Balaban J connectivity index is 0.000000550. The van der Waals surface area contributed by atoms with Crippen molar-refractivity contribution >= 4 is 34.9 Å². The Morgan fingerprint density at radius 1 is 0.568 bits per heavy atom. The van der Waals surface area contributed by atoms with Crippen molar-refractivity contribution in [3.8, 4) is 11.5 Å². The molecule has 74 heavy (non-hydrogen) atoms. The number of carboxylic acid groups (broad SMARTS) is 2. The number of fused-ring (bicyclic) bond motifs is 1. The second-order valence-electron chi connectivity index (χ2n) is 19.8. The van der Waals surface area contributed by atoms with E-state index in [1.165, 1.54) is 34.6 Å². The predicted octanol–water partition coefficient (Wildman–Crippen LogP) is 11.9. The molecule has 0 radical (unpaired) electrons. The van der Waals surface area contributed by atoms with Crippen LogP contribution in [0.5, 0.6) is 11.5 Å². The lowest BCUT2D eigenvalue weighted by molar-refractivity contribution is -0.157. The third kappa shape index (κ3) is 10.2. The van der Waals surface area contributed by atoms with Gasteiger partial charge in [-0.1, -0.05) is 146 Å². The van der Waals surface area contributed by atoms with E-state index in [0.717, 1.165) is 33.4 Å². The third-order valence-electron chi connectivity index (χ3n) is 15.2. The van der Waals surface area contributed by atoms with E-state index in [4.69, 9.17) is 29.2 Å². The number of ether oxygens (including phenoxy) is 3. The summed E-state index contributed by atoms with van der Waals surface area (Å²) in [6, 6.07) is 55.3. The first-order valence-corrected chi connectivity index (χ1v) is 25.5. The first-order valence-electron chi connectivity index (χ1n) is 25.5. The van der Waals surface area contributed by atoms with E-state index in [1.807, 2.05) is 170 Å². The summed E-state index contributed by atoms with van der Waals surface area (Å²) in [6.07, 6.45) is 9.27. The number of carbonyl (C=O) groups is 2. The van der Waals surface area contributed by atoms with Crippen LogP contribution in [0.4, 0.5) is 11.8 Å². The highest BCUT2D eigenvalue weighted by atomic mass is 16.5. The molecular weight excluding hydrogens is 929 g/mol. The Hall–Kier alpha value is -8.03. The molecule has 13 nitrogen and oxygen atoms in total. The molecule has 4 aliphatic carbocycles. The summed E-state index contributed by atoms with van der Waals surface area (Å²) >= 11 is 0. The number of aliphatic carboxylic acids is 2. The Kier molecular flexibility index (Phi) is 14.7. The SMILES string of the molecule is C1C2CC3CC1CC(C2)C3.COc1ccc(C(Nc2nc(NC(c3ccccc3)(c3ccccc3)c3ccc(OC)cc3)c3ncn(C(OCCCC(=O)O)C(=O)O)c3n2)(c2ccccc2)c2ccccc2)cc1. The molecule has 4 saturated carbocycles. The molecule has 378 valence electrons. The Morgan fingerprint density at radius 2 is 0.959 bits per heavy atom. The zero-order valence-corrected chi connectivity index (χ0v) is 41.7. The third-order valence-corrected chi connectivity index (χ3v) is 15.2. The minimum absolute atomic E-state index is 0.0946. The van der Waals surface area contributed by atoms with Crippen LogP contribution in [0.3, 0.4) is 0 Å². The van der Waals surface area contributed by atoms with Crippen LogP contribution in [0.2, 0.25) is 0 Å².